The maximum atomic E-state index is 12.6. The van der Waals surface area contributed by atoms with E-state index >= 15 is 0 Å². The molecule has 2 rings (SSSR count). The number of Topliss-reactive ketones (excluding diaryl/α,β-unsaturated/α-hetero) is 2. The number of aliphatic hydroxyl groups is 1. The van der Waals surface area contributed by atoms with E-state index in [0.29, 0.717) is 12.8 Å². The highest BCUT2D eigenvalue weighted by Crippen LogP contribution is 2.33. The molecule has 0 saturated heterocycles. The zero-order valence-corrected chi connectivity index (χ0v) is 12.6. The van der Waals surface area contributed by atoms with Crippen LogP contribution in [0.15, 0.2) is 30.3 Å². The van der Waals surface area contributed by atoms with Gasteiger partial charge in [0.05, 0.1) is 0 Å². The average Bonchev–Trinajstić information content (AvgIpc) is 2.51. The Morgan fingerprint density at radius 2 is 1.90 bits per heavy atom. The molecule has 21 heavy (non-hydrogen) atoms. The van der Waals surface area contributed by atoms with Crippen LogP contribution in [0.4, 0.5) is 0 Å². The third kappa shape index (κ3) is 4.24. The van der Waals surface area contributed by atoms with Gasteiger partial charge in [0.15, 0.2) is 0 Å². The Hall–Kier alpha value is -1.48. The van der Waals surface area contributed by atoms with Crippen molar-refractivity contribution in [3.8, 4) is 0 Å². The summed E-state index contributed by atoms with van der Waals surface area (Å²) in [6.45, 7) is 2.19. The van der Waals surface area contributed by atoms with Crippen molar-refractivity contribution in [1.29, 1.82) is 0 Å². The van der Waals surface area contributed by atoms with Gasteiger partial charge in [0.25, 0.3) is 0 Å². The number of ketones is 2. The summed E-state index contributed by atoms with van der Waals surface area (Å²) in [4.78, 5) is 24.6. The van der Waals surface area contributed by atoms with E-state index in [1.165, 1.54) is 0 Å². The van der Waals surface area contributed by atoms with Gasteiger partial charge in [-0.3, -0.25) is 9.59 Å². The van der Waals surface area contributed by atoms with Gasteiger partial charge in [0, 0.05) is 31.3 Å². The van der Waals surface area contributed by atoms with Gasteiger partial charge < -0.3 is 5.11 Å². The minimum Gasteiger partial charge on any atom is -0.396 e. The van der Waals surface area contributed by atoms with Gasteiger partial charge in [-0.2, -0.15) is 0 Å². The van der Waals surface area contributed by atoms with Crippen LogP contribution in [0, 0.1) is 11.8 Å². The molecule has 0 bridgehead atoms. The largest absolute Gasteiger partial charge is 0.396 e. The molecule has 3 atom stereocenters. The molecule has 0 radical (unpaired) electrons. The molecule has 0 amide bonds. The fourth-order valence-corrected chi connectivity index (χ4v) is 3.09. The first-order chi connectivity index (χ1) is 10.1. The van der Waals surface area contributed by atoms with E-state index in [9.17, 15) is 9.59 Å². The van der Waals surface area contributed by atoms with E-state index in [1.54, 1.807) is 0 Å². The number of hydrogen-bond donors (Lipinski definition) is 1. The normalized spacial score (nSPS) is 24.1. The first kappa shape index (κ1) is 15.9. The molecule has 0 aliphatic heterocycles. The molecule has 1 aromatic carbocycles. The van der Waals surface area contributed by atoms with E-state index in [4.69, 9.17) is 5.11 Å². The molecule has 1 saturated carbocycles. The van der Waals surface area contributed by atoms with Gasteiger partial charge in [0.2, 0.25) is 0 Å². The van der Waals surface area contributed by atoms with Crippen LogP contribution >= 0.6 is 0 Å². The van der Waals surface area contributed by atoms with Crippen LogP contribution in [0.1, 0.15) is 50.5 Å². The Bertz CT molecular complexity index is 480. The highest BCUT2D eigenvalue weighted by atomic mass is 16.3. The van der Waals surface area contributed by atoms with Crippen LogP contribution in [0.3, 0.4) is 0 Å². The fraction of sp³-hybridized carbons (Fsp3) is 0.556. The summed E-state index contributed by atoms with van der Waals surface area (Å²) in [5.41, 5.74) is 0.962. The van der Waals surface area contributed by atoms with Gasteiger partial charge in [-0.15, -0.1) is 0 Å². The quantitative estimate of drug-likeness (QED) is 0.875. The van der Waals surface area contributed by atoms with E-state index in [2.05, 4.69) is 0 Å². The predicted molar refractivity (Wildman–Crippen MR) is 82.0 cm³/mol. The van der Waals surface area contributed by atoms with E-state index in [1.807, 2.05) is 37.3 Å². The van der Waals surface area contributed by atoms with Crippen molar-refractivity contribution < 1.29 is 14.7 Å². The summed E-state index contributed by atoms with van der Waals surface area (Å²) in [6, 6.07) is 9.63. The lowest BCUT2D eigenvalue weighted by Crippen LogP contribution is -2.32. The molecule has 0 aromatic heterocycles. The summed E-state index contributed by atoms with van der Waals surface area (Å²) in [7, 11) is 0. The number of carbonyl (C=O) groups excluding carboxylic acids is 2. The number of benzene rings is 1. The number of rotatable bonds is 6. The lowest BCUT2D eigenvalue weighted by atomic mass is 9.74. The maximum Gasteiger partial charge on any atom is 0.144 e. The molecule has 3 nitrogen and oxygen atoms in total. The predicted octanol–water partition coefficient (Wildman–Crippen LogP) is 3.12. The standard InChI is InChI=1S/C18H24O3/c1-13(12-19)6-5-9-15-10-16(20)11-17(18(15)21)14-7-3-2-4-8-14/h2-4,7-8,13,15,17,19H,5-6,9-12H2,1H3. The number of aliphatic hydroxyl groups excluding tert-OH is 1. The second-order valence-corrected chi connectivity index (χ2v) is 6.23. The van der Waals surface area contributed by atoms with Gasteiger partial charge in [-0.25, -0.2) is 0 Å². The van der Waals surface area contributed by atoms with Crippen LogP contribution in [-0.4, -0.2) is 23.3 Å². The molecule has 1 aliphatic carbocycles. The summed E-state index contributed by atoms with van der Waals surface area (Å²) in [5.74, 6) is 0.292. The van der Waals surface area contributed by atoms with Crippen LogP contribution in [-0.2, 0) is 9.59 Å². The number of carbonyl (C=O) groups is 2. The molecule has 1 fully saturated rings. The van der Waals surface area contributed by atoms with E-state index in [0.717, 1.165) is 24.8 Å². The lowest BCUT2D eigenvalue weighted by molar-refractivity contribution is -0.134. The molecule has 3 unspecified atom stereocenters. The van der Waals surface area contributed by atoms with Crippen molar-refractivity contribution in [2.24, 2.45) is 11.8 Å². The minimum absolute atomic E-state index is 0.137. The van der Waals surface area contributed by atoms with Crippen molar-refractivity contribution in [1.82, 2.24) is 0 Å². The van der Waals surface area contributed by atoms with Crippen molar-refractivity contribution in [3.63, 3.8) is 0 Å². The molecule has 1 aromatic rings. The molecule has 0 heterocycles. The zero-order chi connectivity index (χ0) is 15.2. The third-order valence-electron chi connectivity index (χ3n) is 4.41. The fourth-order valence-electron chi connectivity index (χ4n) is 3.09. The SMILES string of the molecule is CC(CO)CCCC1CC(=O)CC(c2ccccc2)C1=O. The van der Waals surface area contributed by atoms with Crippen molar-refractivity contribution in [2.45, 2.75) is 44.9 Å². The van der Waals surface area contributed by atoms with Gasteiger partial charge in [0.1, 0.15) is 11.6 Å². The maximum absolute atomic E-state index is 12.6. The Labute approximate surface area is 126 Å². The average molecular weight is 288 g/mol. The van der Waals surface area contributed by atoms with Crippen molar-refractivity contribution in [3.05, 3.63) is 35.9 Å². The first-order valence-electron chi connectivity index (χ1n) is 7.83. The second-order valence-electron chi connectivity index (χ2n) is 6.23. The molecule has 3 heteroatoms. The molecule has 1 N–H and O–H groups in total. The zero-order valence-electron chi connectivity index (χ0n) is 12.6. The molecule has 114 valence electrons. The monoisotopic (exact) mass is 288 g/mol. The van der Waals surface area contributed by atoms with Gasteiger partial charge in [-0.1, -0.05) is 43.7 Å². The third-order valence-corrected chi connectivity index (χ3v) is 4.41. The Kier molecular flexibility index (Phi) is 5.68. The summed E-state index contributed by atoms with van der Waals surface area (Å²) in [5, 5.41) is 9.04. The van der Waals surface area contributed by atoms with Crippen LogP contribution in [0.5, 0.6) is 0 Å². The summed E-state index contributed by atoms with van der Waals surface area (Å²) >= 11 is 0. The Morgan fingerprint density at radius 1 is 1.19 bits per heavy atom. The van der Waals surface area contributed by atoms with E-state index < -0.39 is 0 Å². The smallest absolute Gasteiger partial charge is 0.144 e. The first-order valence-corrected chi connectivity index (χ1v) is 7.83. The summed E-state index contributed by atoms with van der Waals surface area (Å²) in [6.07, 6.45) is 3.32. The van der Waals surface area contributed by atoms with Crippen molar-refractivity contribution in [2.75, 3.05) is 6.61 Å². The Morgan fingerprint density at radius 3 is 2.57 bits per heavy atom. The van der Waals surface area contributed by atoms with Gasteiger partial charge in [-0.05, 0) is 24.3 Å². The van der Waals surface area contributed by atoms with E-state index in [-0.39, 0.29) is 35.9 Å². The van der Waals surface area contributed by atoms with Crippen molar-refractivity contribution >= 4 is 11.6 Å². The number of hydrogen-bond acceptors (Lipinski definition) is 3. The second kappa shape index (κ2) is 7.51. The van der Waals surface area contributed by atoms with Crippen LogP contribution in [0.25, 0.3) is 0 Å². The lowest BCUT2D eigenvalue weighted by Gasteiger charge is -2.27. The minimum atomic E-state index is -0.257. The topological polar surface area (TPSA) is 54.4 Å². The summed E-state index contributed by atoms with van der Waals surface area (Å²) < 4.78 is 0. The highest BCUT2D eigenvalue weighted by molar-refractivity contribution is 5.99. The highest BCUT2D eigenvalue weighted by Gasteiger charge is 2.35. The Balaban J connectivity index is 1.99. The van der Waals surface area contributed by atoms with Crippen LogP contribution in [0.2, 0.25) is 0 Å². The van der Waals surface area contributed by atoms with Crippen LogP contribution < -0.4 is 0 Å². The molecular formula is C18H24O3. The molecule has 1 aliphatic rings. The van der Waals surface area contributed by atoms with Gasteiger partial charge >= 0.3 is 0 Å². The molecular weight excluding hydrogens is 264 g/mol. The molecule has 0 spiro atoms.